The van der Waals surface area contributed by atoms with Crippen molar-refractivity contribution < 1.29 is 9.59 Å². The van der Waals surface area contributed by atoms with Gasteiger partial charge in [-0.3, -0.25) is 14.7 Å². The SMILES string of the molecule is C[C@H](CC(=O)c1cccs1)NC(=O)c1n[nH]c2ccccc12. The van der Waals surface area contributed by atoms with Crippen molar-refractivity contribution >= 4 is 33.9 Å². The number of nitrogens with zero attached hydrogens (tertiary/aromatic N) is 1. The number of rotatable bonds is 5. The van der Waals surface area contributed by atoms with Gasteiger partial charge in [0.1, 0.15) is 0 Å². The van der Waals surface area contributed by atoms with Crippen molar-refractivity contribution in [1.29, 1.82) is 0 Å². The molecule has 6 heteroatoms. The minimum atomic E-state index is -0.274. The topological polar surface area (TPSA) is 74.8 Å². The quantitative estimate of drug-likeness (QED) is 0.711. The predicted molar refractivity (Wildman–Crippen MR) is 86.3 cm³/mol. The summed E-state index contributed by atoms with van der Waals surface area (Å²) < 4.78 is 0. The Morgan fingerprint density at radius 2 is 2.09 bits per heavy atom. The number of ketones is 1. The van der Waals surface area contributed by atoms with Crippen molar-refractivity contribution in [2.75, 3.05) is 0 Å². The van der Waals surface area contributed by atoms with E-state index in [0.29, 0.717) is 10.6 Å². The summed E-state index contributed by atoms with van der Waals surface area (Å²) in [7, 11) is 0. The van der Waals surface area contributed by atoms with Crippen molar-refractivity contribution in [2.24, 2.45) is 0 Å². The number of nitrogens with one attached hydrogen (secondary N) is 2. The first-order valence-electron chi connectivity index (χ1n) is 6.96. The lowest BCUT2D eigenvalue weighted by molar-refractivity contribution is 0.0917. The van der Waals surface area contributed by atoms with Gasteiger partial charge in [-0.2, -0.15) is 5.10 Å². The van der Waals surface area contributed by atoms with Gasteiger partial charge in [-0.1, -0.05) is 24.3 Å². The summed E-state index contributed by atoms with van der Waals surface area (Å²) in [6, 6.07) is 10.8. The maximum Gasteiger partial charge on any atom is 0.272 e. The highest BCUT2D eigenvalue weighted by molar-refractivity contribution is 7.12. The molecule has 22 heavy (non-hydrogen) atoms. The molecule has 0 radical (unpaired) electrons. The predicted octanol–water partition coefficient (Wildman–Crippen LogP) is 3.02. The molecule has 0 aliphatic rings. The van der Waals surface area contributed by atoms with Gasteiger partial charge in [-0.25, -0.2) is 0 Å². The van der Waals surface area contributed by atoms with Gasteiger partial charge >= 0.3 is 0 Å². The summed E-state index contributed by atoms with van der Waals surface area (Å²) in [6.45, 7) is 1.82. The zero-order valence-corrected chi connectivity index (χ0v) is 12.8. The number of para-hydroxylation sites is 1. The van der Waals surface area contributed by atoms with Crippen LogP contribution in [0.4, 0.5) is 0 Å². The van der Waals surface area contributed by atoms with Crippen LogP contribution in [0.1, 0.15) is 33.5 Å². The number of aromatic nitrogens is 2. The van der Waals surface area contributed by atoms with Gasteiger partial charge in [-0.05, 0) is 24.4 Å². The van der Waals surface area contributed by atoms with Crippen LogP contribution in [0.5, 0.6) is 0 Å². The fourth-order valence-corrected chi connectivity index (χ4v) is 2.97. The van der Waals surface area contributed by atoms with Crippen LogP contribution in [0.2, 0.25) is 0 Å². The molecule has 0 unspecified atom stereocenters. The zero-order valence-electron chi connectivity index (χ0n) is 12.0. The van der Waals surface area contributed by atoms with E-state index in [0.717, 1.165) is 10.9 Å². The van der Waals surface area contributed by atoms with Crippen molar-refractivity contribution in [3.63, 3.8) is 0 Å². The Kier molecular flexibility index (Phi) is 4.02. The Morgan fingerprint density at radius 3 is 2.86 bits per heavy atom. The highest BCUT2D eigenvalue weighted by Gasteiger charge is 2.18. The van der Waals surface area contributed by atoms with Gasteiger partial charge in [-0.15, -0.1) is 11.3 Å². The van der Waals surface area contributed by atoms with Crippen LogP contribution in [0.25, 0.3) is 10.9 Å². The van der Waals surface area contributed by atoms with Crippen LogP contribution < -0.4 is 5.32 Å². The van der Waals surface area contributed by atoms with Gasteiger partial charge in [0.25, 0.3) is 5.91 Å². The third-order valence-electron chi connectivity index (χ3n) is 3.35. The largest absolute Gasteiger partial charge is 0.348 e. The monoisotopic (exact) mass is 313 g/mol. The first kappa shape index (κ1) is 14.5. The van der Waals surface area contributed by atoms with Gasteiger partial charge in [0.2, 0.25) is 0 Å². The Balaban J connectivity index is 1.67. The molecule has 0 aliphatic carbocycles. The standard InChI is InChI=1S/C16H15N3O2S/c1-10(9-13(20)14-7-4-8-22-14)17-16(21)15-11-5-2-3-6-12(11)18-19-15/h2-8,10H,9H2,1H3,(H,17,21)(H,18,19)/t10-/m1/s1. The van der Waals surface area contributed by atoms with Gasteiger partial charge in [0, 0.05) is 17.8 Å². The van der Waals surface area contributed by atoms with E-state index in [2.05, 4.69) is 15.5 Å². The van der Waals surface area contributed by atoms with Crippen LogP contribution >= 0.6 is 11.3 Å². The molecule has 0 saturated carbocycles. The molecule has 1 amide bonds. The Hall–Kier alpha value is -2.47. The van der Waals surface area contributed by atoms with Crippen molar-refractivity contribution in [1.82, 2.24) is 15.5 Å². The minimum Gasteiger partial charge on any atom is -0.348 e. The molecular formula is C16H15N3O2S. The molecule has 2 aromatic heterocycles. The van der Waals surface area contributed by atoms with E-state index in [9.17, 15) is 9.59 Å². The number of carbonyl (C=O) groups excluding carboxylic acids is 2. The molecule has 0 fully saturated rings. The minimum absolute atomic E-state index is 0.0367. The van der Waals surface area contributed by atoms with E-state index in [1.165, 1.54) is 11.3 Å². The molecule has 2 N–H and O–H groups in total. The molecule has 0 aliphatic heterocycles. The summed E-state index contributed by atoms with van der Waals surface area (Å²) in [6.07, 6.45) is 0.272. The number of carbonyl (C=O) groups is 2. The van der Waals surface area contributed by atoms with Crippen LogP contribution in [0.3, 0.4) is 0 Å². The van der Waals surface area contributed by atoms with Crippen LogP contribution in [-0.2, 0) is 0 Å². The van der Waals surface area contributed by atoms with Gasteiger partial charge in [0.15, 0.2) is 11.5 Å². The van der Waals surface area contributed by atoms with Gasteiger partial charge < -0.3 is 5.32 Å². The Labute approximate surface area is 131 Å². The van der Waals surface area contributed by atoms with E-state index < -0.39 is 0 Å². The second-order valence-corrected chi connectivity index (χ2v) is 6.04. The number of Topliss-reactive ketones (excluding diaryl/α,β-unsaturated/α-hetero) is 1. The average Bonchev–Trinajstić information content (AvgIpc) is 3.16. The third kappa shape index (κ3) is 2.92. The molecule has 3 aromatic rings. The molecule has 0 bridgehead atoms. The summed E-state index contributed by atoms with van der Waals surface area (Å²) in [5, 5.41) is 12.4. The number of H-pyrrole nitrogens is 1. The van der Waals surface area contributed by atoms with Crippen molar-refractivity contribution in [3.8, 4) is 0 Å². The molecule has 3 rings (SSSR count). The molecule has 1 aromatic carbocycles. The highest BCUT2D eigenvalue weighted by Crippen LogP contribution is 2.16. The molecule has 1 atom stereocenters. The molecule has 112 valence electrons. The van der Waals surface area contributed by atoms with E-state index in [-0.39, 0.29) is 24.2 Å². The number of benzene rings is 1. The van der Waals surface area contributed by atoms with E-state index in [4.69, 9.17) is 0 Å². The lowest BCUT2D eigenvalue weighted by atomic mass is 10.1. The Morgan fingerprint density at radius 1 is 1.27 bits per heavy atom. The van der Waals surface area contributed by atoms with Crippen molar-refractivity contribution in [3.05, 3.63) is 52.3 Å². The lowest BCUT2D eigenvalue weighted by Gasteiger charge is -2.11. The number of hydrogen-bond donors (Lipinski definition) is 2. The average molecular weight is 313 g/mol. The maximum absolute atomic E-state index is 12.3. The van der Waals surface area contributed by atoms with Crippen LogP contribution in [0, 0.1) is 0 Å². The zero-order chi connectivity index (χ0) is 15.5. The second-order valence-electron chi connectivity index (χ2n) is 5.10. The number of aromatic amines is 1. The van der Waals surface area contributed by atoms with E-state index >= 15 is 0 Å². The number of hydrogen-bond acceptors (Lipinski definition) is 4. The normalized spacial score (nSPS) is 12.2. The molecule has 5 nitrogen and oxygen atoms in total. The van der Waals surface area contributed by atoms with E-state index in [1.807, 2.05) is 42.6 Å². The number of thiophene rings is 1. The van der Waals surface area contributed by atoms with Crippen LogP contribution in [-0.4, -0.2) is 27.9 Å². The molecule has 0 saturated heterocycles. The summed E-state index contributed by atoms with van der Waals surface area (Å²) >= 11 is 1.41. The molecule has 0 spiro atoms. The number of amides is 1. The summed E-state index contributed by atoms with van der Waals surface area (Å²) in [4.78, 5) is 25.0. The smallest absolute Gasteiger partial charge is 0.272 e. The number of fused-ring (bicyclic) bond motifs is 1. The molecular weight excluding hydrogens is 298 g/mol. The fourth-order valence-electron chi connectivity index (χ4n) is 2.30. The maximum atomic E-state index is 12.3. The summed E-state index contributed by atoms with van der Waals surface area (Å²) in [5.74, 6) is -0.237. The Bertz CT molecular complexity index is 808. The highest BCUT2D eigenvalue weighted by atomic mass is 32.1. The van der Waals surface area contributed by atoms with Crippen LogP contribution in [0.15, 0.2) is 41.8 Å². The van der Waals surface area contributed by atoms with E-state index in [1.54, 1.807) is 6.07 Å². The third-order valence-corrected chi connectivity index (χ3v) is 4.26. The summed E-state index contributed by atoms with van der Waals surface area (Å²) in [5.41, 5.74) is 1.17. The van der Waals surface area contributed by atoms with Gasteiger partial charge in [0.05, 0.1) is 10.4 Å². The lowest BCUT2D eigenvalue weighted by Crippen LogP contribution is -2.34. The molecule has 2 heterocycles. The van der Waals surface area contributed by atoms with Crippen molar-refractivity contribution in [2.45, 2.75) is 19.4 Å². The fraction of sp³-hybridized carbons (Fsp3) is 0.188. The second kappa shape index (κ2) is 6.11. The first-order valence-corrected chi connectivity index (χ1v) is 7.84. The first-order chi connectivity index (χ1) is 10.6.